The average molecular weight is 268 g/mol. The Labute approximate surface area is 117 Å². The van der Waals surface area contributed by atoms with Gasteiger partial charge in [-0.25, -0.2) is 10.0 Å². The molecule has 110 valence electrons. The third-order valence-electron chi connectivity index (χ3n) is 4.14. The van der Waals surface area contributed by atoms with Crippen molar-refractivity contribution in [1.29, 1.82) is 0 Å². The SMILES string of the molecule is COC[C@@H]1CCCN1N1CC=C(OC)[C@@H]1C(C)(C)C. The van der Waals surface area contributed by atoms with Gasteiger partial charge >= 0.3 is 0 Å². The molecule has 0 saturated carbocycles. The lowest BCUT2D eigenvalue weighted by atomic mass is 9.86. The topological polar surface area (TPSA) is 24.9 Å². The minimum Gasteiger partial charge on any atom is -0.500 e. The van der Waals surface area contributed by atoms with E-state index >= 15 is 0 Å². The molecule has 0 aromatic heterocycles. The second-order valence-electron chi connectivity index (χ2n) is 6.62. The summed E-state index contributed by atoms with van der Waals surface area (Å²) in [5, 5.41) is 4.98. The fraction of sp³-hybridized carbons (Fsp3) is 0.867. The number of hydrogen-bond acceptors (Lipinski definition) is 4. The molecule has 1 saturated heterocycles. The Hall–Kier alpha value is -0.580. The summed E-state index contributed by atoms with van der Waals surface area (Å²) >= 11 is 0. The first-order valence-electron chi connectivity index (χ1n) is 7.25. The summed E-state index contributed by atoms with van der Waals surface area (Å²) in [6.07, 6.45) is 4.70. The van der Waals surface area contributed by atoms with Gasteiger partial charge in [0.25, 0.3) is 0 Å². The molecule has 1 fully saturated rings. The molecule has 0 aliphatic carbocycles. The van der Waals surface area contributed by atoms with Crippen LogP contribution in [0, 0.1) is 5.41 Å². The Morgan fingerprint density at radius 2 is 2.00 bits per heavy atom. The van der Waals surface area contributed by atoms with Crippen molar-refractivity contribution in [3.8, 4) is 0 Å². The summed E-state index contributed by atoms with van der Waals surface area (Å²) < 4.78 is 11.0. The van der Waals surface area contributed by atoms with Gasteiger partial charge in [-0.2, -0.15) is 0 Å². The summed E-state index contributed by atoms with van der Waals surface area (Å²) in [5.41, 5.74) is 0.165. The number of nitrogens with zero attached hydrogens (tertiary/aromatic N) is 2. The lowest BCUT2D eigenvalue weighted by Gasteiger charge is -2.43. The Morgan fingerprint density at radius 3 is 2.58 bits per heavy atom. The quantitative estimate of drug-likeness (QED) is 0.781. The molecule has 0 aromatic rings. The van der Waals surface area contributed by atoms with Crippen LogP contribution < -0.4 is 0 Å². The summed E-state index contributed by atoms with van der Waals surface area (Å²) in [4.78, 5) is 0. The van der Waals surface area contributed by atoms with Crippen molar-refractivity contribution in [3.63, 3.8) is 0 Å². The maximum atomic E-state index is 5.60. The average Bonchev–Trinajstić information content (AvgIpc) is 2.93. The Bertz CT molecular complexity index is 336. The van der Waals surface area contributed by atoms with Crippen molar-refractivity contribution in [1.82, 2.24) is 10.0 Å². The van der Waals surface area contributed by atoms with Gasteiger partial charge in [0.05, 0.1) is 19.8 Å². The van der Waals surface area contributed by atoms with Crippen LogP contribution in [0.25, 0.3) is 0 Å². The highest BCUT2D eigenvalue weighted by atomic mass is 16.5. The number of methoxy groups -OCH3 is 2. The molecule has 2 aliphatic heterocycles. The van der Waals surface area contributed by atoms with E-state index in [1.165, 1.54) is 12.8 Å². The van der Waals surface area contributed by atoms with E-state index in [0.717, 1.165) is 25.5 Å². The summed E-state index contributed by atoms with van der Waals surface area (Å²) in [5.74, 6) is 1.11. The van der Waals surface area contributed by atoms with E-state index in [9.17, 15) is 0 Å². The monoisotopic (exact) mass is 268 g/mol. The van der Waals surface area contributed by atoms with Crippen molar-refractivity contribution in [2.75, 3.05) is 33.9 Å². The normalized spacial score (nSPS) is 29.8. The van der Waals surface area contributed by atoms with Gasteiger partial charge < -0.3 is 9.47 Å². The van der Waals surface area contributed by atoms with E-state index in [1.54, 1.807) is 14.2 Å². The molecule has 2 atom stereocenters. The molecule has 2 aliphatic rings. The first-order chi connectivity index (χ1) is 8.99. The molecule has 0 radical (unpaired) electrons. The molecule has 19 heavy (non-hydrogen) atoms. The minimum absolute atomic E-state index is 0.165. The number of hydrogen-bond donors (Lipinski definition) is 0. The smallest absolute Gasteiger partial charge is 0.112 e. The molecule has 4 heteroatoms. The molecular formula is C15H28N2O2. The standard InChI is InChI=1S/C15H28N2O2/c1-15(2,3)14-13(19-5)8-10-17(14)16-9-6-7-12(16)11-18-4/h8,12,14H,6-7,9-11H2,1-5H3/t12-,14+/m0/s1. The first kappa shape index (κ1) is 14.8. The maximum Gasteiger partial charge on any atom is 0.112 e. The van der Waals surface area contributed by atoms with Crippen LogP contribution in [0.15, 0.2) is 11.8 Å². The highest BCUT2D eigenvalue weighted by Gasteiger charge is 2.43. The van der Waals surface area contributed by atoms with Crippen molar-refractivity contribution in [2.45, 2.75) is 45.7 Å². The van der Waals surface area contributed by atoms with Crippen LogP contribution in [0.5, 0.6) is 0 Å². The van der Waals surface area contributed by atoms with Crippen molar-refractivity contribution >= 4 is 0 Å². The van der Waals surface area contributed by atoms with Crippen LogP contribution in [0.1, 0.15) is 33.6 Å². The zero-order valence-electron chi connectivity index (χ0n) is 13.0. The highest BCUT2D eigenvalue weighted by molar-refractivity contribution is 5.15. The van der Waals surface area contributed by atoms with E-state index in [-0.39, 0.29) is 5.41 Å². The molecule has 0 spiro atoms. The van der Waals surface area contributed by atoms with Gasteiger partial charge in [-0.1, -0.05) is 20.8 Å². The second-order valence-corrected chi connectivity index (χ2v) is 6.62. The highest BCUT2D eigenvalue weighted by Crippen LogP contribution is 2.37. The first-order valence-corrected chi connectivity index (χ1v) is 7.25. The number of ether oxygens (including phenoxy) is 2. The van der Waals surface area contributed by atoms with Crippen LogP contribution >= 0.6 is 0 Å². The lowest BCUT2D eigenvalue weighted by Crippen LogP contribution is -2.54. The molecule has 0 aromatic carbocycles. The van der Waals surface area contributed by atoms with Gasteiger partial charge in [-0.3, -0.25) is 0 Å². The van der Waals surface area contributed by atoms with Crippen LogP contribution in [0.3, 0.4) is 0 Å². The van der Waals surface area contributed by atoms with E-state index in [2.05, 4.69) is 36.9 Å². The van der Waals surface area contributed by atoms with Crippen LogP contribution in [0.2, 0.25) is 0 Å². The summed E-state index contributed by atoms with van der Waals surface area (Å²) in [6.45, 7) is 9.74. The number of hydrazine groups is 1. The van der Waals surface area contributed by atoms with Crippen LogP contribution in [0.4, 0.5) is 0 Å². The van der Waals surface area contributed by atoms with E-state index in [0.29, 0.717) is 12.1 Å². The minimum atomic E-state index is 0.165. The van der Waals surface area contributed by atoms with E-state index < -0.39 is 0 Å². The molecule has 4 nitrogen and oxygen atoms in total. The predicted molar refractivity (Wildman–Crippen MR) is 76.6 cm³/mol. The molecule has 2 heterocycles. The molecule has 0 amide bonds. The zero-order chi connectivity index (χ0) is 14.0. The fourth-order valence-corrected chi connectivity index (χ4v) is 3.39. The molecule has 0 N–H and O–H groups in total. The van der Waals surface area contributed by atoms with Crippen molar-refractivity contribution in [2.24, 2.45) is 5.41 Å². The zero-order valence-corrected chi connectivity index (χ0v) is 13.0. The maximum absolute atomic E-state index is 5.60. The molecule has 2 rings (SSSR count). The third kappa shape index (κ3) is 2.96. The van der Waals surface area contributed by atoms with Gasteiger partial charge in [0.15, 0.2) is 0 Å². The Balaban J connectivity index is 2.15. The largest absolute Gasteiger partial charge is 0.500 e. The predicted octanol–water partition coefficient (Wildman–Crippen LogP) is 2.27. The van der Waals surface area contributed by atoms with Crippen LogP contribution in [-0.4, -0.2) is 56.0 Å². The van der Waals surface area contributed by atoms with Crippen LogP contribution in [-0.2, 0) is 9.47 Å². The van der Waals surface area contributed by atoms with Gasteiger partial charge in [-0.15, -0.1) is 0 Å². The van der Waals surface area contributed by atoms with Gasteiger partial charge in [0.1, 0.15) is 5.76 Å². The van der Waals surface area contributed by atoms with Crippen molar-refractivity contribution < 1.29 is 9.47 Å². The Kier molecular flexibility index (Phi) is 4.54. The van der Waals surface area contributed by atoms with E-state index in [1.807, 2.05) is 0 Å². The van der Waals surface area contributed by atoms with Crippen molar-refractivity contribution in [3.05, 3.63) is 11.8 Å². The summed E-state index contributed by atoms with van der Waals surface area (Å²) in [7, 11) is 3.57. The molecule has 0 bridgehead atoms. The van der Waals surface area contributed by atoms with Gasteiger partial charge in [-0.05, 0) is 24.3 Å². The van der Waals surface area contributed by atoms with E-state index in [4.69, 9.17) is 9.47 Å². The number of rotatable bonds is 4. The van der Waals surface area contributed by atoms with Gasteiger partial charge in [0, 0.05) is 26.2 Å². The Morgan fingerprint density at radius 1 is 1.26 bits per heavy atom. The lowest BCUT2D eigenvalue weighted by molar-refractivity contribution is -0.0929. The molecule has 0 unspecified atom stereocenters. The summed E-state index contributed by atoms with van der Waals surface area (Å²) in [6, 6.07) is 0.842. The third-order valence-corrected chi connectivity index (χ3v) is 4.14. The second kappa shape index (κ2) is 5.81. The molecular weight excluding hydrogens is 240 g/mol. The fourth-order valence-electron chi connectivity index (χ4n) is 3.39. The van der Waals surface area contributed by atoms with Gasteiger partial charge in [0.2, 0.25) is 0 Å².